The van der Waals surface area contributed by atoms with E-state index < -0.39 is 30.4 Å². The molecule has 13 heteroatoms. The number of aliphatic carboxylic acids is 1. The standard InChI is InChI=1S/C35H33ClN6O6/c1-20-7-4-5-8-26(20)40-35(47)41-27-13-10-22(15-30(27)48-3)16-31(43)39-24-11-12-25(36)23(17-24)19-42-29-9-6-14-37-33(29)21(2)38-28(34(42)46)18-32(44)45/h4-15,17,28H,16,18-19H2,1-3H3,(H,39,43)(H,44,45)(H2,40,41,47)/t28-/m0/s1. The zero-order valence-corrected chi connectivity index (χ0v) is 27.2. The van der Waals surface area contributed by atoms with E-state index in [1.807, 2.05) is 25.1 Å². The molecule has 12 nitrogen and oxygen atoms in total. The molecule has 1 aliphatic heterocycles. The van der Waals surface area contributed by atoms with E-state index in [-0.39, 0.29) is 18.9 Å². The van der Waals surface area contributed by atoms with Crippen LogP contribution in [0.5, 0.6) is 5.75 Å². The van der Waals surface area contributed by atoms with Gasteiger partial charge in [0.2, 0.25) is 5.91 Å². The second-order valence-electron chi connectivity index (χ2n) is 11.1. The van der Waals surface area contributed by atoms with Gasteiger partial charge < -0.3 is 30.7 Å². The van der Waals surface area contributed by atoms with Gasteiger partial charge >= 0.3 is 12.0 Å². The number of hydrogen-bond acceptors (Lipinski definition) is 7. The number of benzene rings is 3. The summed E-state index contributed by atoms with van der Waals surface area (Å²) in [7, 11) is 1.47. The molecule has 0 spiro atoms. The Balaban J connectivity index is 1.29. The zero-order chi connectivity index (χ0) is 34.4. The zero-order valence-electron chi connectivity index (χ0n) is 26.4. The van der Waals surface area contributed by atoms with Crippen LogP contribution in [0.25, 0.3) is 0 Å². The van der Waals surface area contributed by atoms with Crippen LogP contribution in [0, 0.1) is 6.92 Å². The van der Waals surface area contributed by atoms with Crippen molar-refractivity contribution in [3.05, 3.63) is 106 Å². The number of fused-ring (bicyclic) bond motifs is 1. The molecule has 2 heterocycles. The van der Waals surface area contributed by atoms with Crippen molar-refractivity contribution in [2.45, 2.75) is 39.3 Å². The summed E-state index contributed by atoms with van der Waals surface area (Å²) < 4.78 is 5.47. The summed E-state index contributed by atoms with van der Waals surface area (Å²) in [5.74, 6) is -1.60. The lowest BCUT2D eigenvalue weighted by Crippen LogP contribution is -2.38. The predicted molar refractivity (Wildman–Crippen MR) is 184 cm³/mol. The molecule has 4 amide bonds. The Morgan fingerprint density at radius 1 is 0.958 bits per heavy atom. The van der Waals surface area contributed by atoms with E-state index >= 15 is 0 Å². The van der Waals surface area contributed by atoms with E-state index in [1.165, 1.54) is 12.0 Å². The fourth-order valence-corrected chi connectivity index (χ4v) is 5.45. The van der Waals surface area contributed by atoms with E-state index in [0.717, 1.165) is 5.56 Å². The number of rotatable bonds is 10. The van der Waals surface area contributed by atoms with Gasteiger partial charge in [-0.2, -0.15) is 0 Å². The van der Waals surface area contributed by atoms with Crippen LogP contribution in [0.2, 0.25) is 5.02 Å². The molecule has 246 valence electrons. The van der Waals surface area contributed by atoms with Crippen LogP contribution in [-0.4, -0.2) is 52.8 Å². The molecule has 4 aromatic rings. The summed E-state index contributed by atoms with van der Waals surface area (Å²) in [4.78, 5) is 61.0. The topological polar surface area (TPSA) is 162 Å². The number of nitrogens with zero attached hydrogens (tertiary/aromatic N) is 3. The number of aliphatic imine (C=N–C) groups is 1. The van der Waals surface area contributed by atoms with Gasteiger partial charge in [0.05, 0.1) is 43.6 Å². The highest BCUT2D eigenvalue weighted by Crippen LogP contribution is 2.31. The third-order valence-corrected chi connectivity index (χ3v) is 7.99. The highest BCUT2D eigenvalue weighted by Gasteiger charge is 2.33. The number of urea groups is 1. The Morgan fingerprint density at radius 3 is 2.48 bits per heavy atom. The first-order valence-corrected chi connectivity index (χ1v) is 15.3. The number of carbonyl (C=O) groups excluding carboxylic acids is 3. The minimum atomic E-state index is -1.15. The number of aromatic nitrogens is 1. The molecule has 0 fully saturated rings. The molecule has 0 saturated carbocycles. The van der Waals surface area contributed by atoms with Crippen LogP contribution in [0.1, 0.15) is 35.7 Å². The molecule has 0 radical (unpaired) electrons. The molecule has 3 aromatic carbocycles. The molecule has 1 atom stereocenters. The van der Waals surface area contributed by atoms with Crippen molar-refractivity contribution in [1.82, 2.24) is 4.98 Å². The summed E-state index contributed by atoms with van der Waals surface area (Å²) in [6.07, 6.45) is 1.10. The SMILES string of the molecule is COc1cc(CC(=O)Nc2ccc(Cl)c(CN3C(=O)[C@H](CC(=O)O)N=C(C)c4ncccc43)c2)ccc1NC(=O)Nc1ccccc1C. The van der Waals surface area contributed by atoms with Gasteiger partial charge in [0.25, 0.3) is 5.91 Å². The third-order valence-electron chi connectivity index (χ3n) is 7.62. The minimum Gasteiger partial charge on any atom is -0.495 e. The lowest BCUT2D eigenvalue weighted by atomic mass is 10.1. The molecular formula is C35H33ClN6O6. The van der Waals surface area contributed by atoms with Gasteiger partial charge in [-0.15, -0.1) is 0 Å². The second-order valence-corrected chi connectivity index (χ2v) is 11.5. The van der Waals surface area contributed by atoms with E-state index in [9.17, 15) is 24.3 Å². The number of aryl methyl sites for hydroxylation is 1. The van der Waals surface area contributed by atoms with E-state index in [2.05, 4.69) is 25.9 Å². The van der Waals surface area contributed by atoms with Crippen molar-refractivity contribution < 1.29 is 29.0 Å². The predicted octanol–water partition coefficient (Wildman–Crippen LogP) is 6.08. The quantitative estimate of drug-likeness (QED) is 0.159. The number of carboxylic acids is 1. The average molecular weight is 669 g/mol. The number of ether oxygens (including phenoxy) is 1. The second kappa shape index (κ2) is 14.8. The average Bonchev–Trinajstić information content (AvgIpc) is 3.14. The first-order chi connectivity index (χ1) is 23.0. The Kier molecular flexibility index (Phi) is 10.3. The van der Waals surface area contributed by atoms with Gasteiger partial charge in [0.1, 0.15) is 17.5 Å². The molecule has 0 bridgehead atoms. The first-order valence-electron chi connectivity index (χ1n) is 14.9. The number of methoxy groups -OCH3 is 1. The van der Waals surface area contributed by atoms with E-state index in [1.54, 1.807) is 67.7 Å². The maximum Gasteiger partial charge on any atom is 0.323 e. The third kappa shape index (κ3) is 7.96. The number of hydrogen-bond donors (Lipinski definition) is 4. The summed E-state index contributed by atoms with van der Waals surface area (Å²) >= 11 is 6.55. The highest BCUT2D eigenvalue weighted by molar-refractivity contribution is 6.31. The Hall–Kier alpha value is -5.75. The lowest BCUT2D eigenvalue weighted by Gasteiger charge is -2.25. The number of nitrogens with one attached hydrogen (secondary N) is 3. The highest BCUT2D eigenvalue weighted by atomic mass is 35.5. The number of anilines is 4. The van der Waals surface area contributed by atoms with Gasteiger partial charge in [-0.3, -0.25) is 24.4 Å². The first kappa shape index (κ1) is 33.6. The van der Waals surface area contributed by atoms with Gasteiger partial charge in [-0.1, -0.05) is 35.9 Å². The lowest BCUT2D eigenvalue weighted by molar-refractivity contribution is -0.139. The smallest absolute Gasteiger partial charge is 0.323 e. The van der Waals surface area contributed by atoms with Gasteiger partial charge in [0.15, 0.2) is 0 Å². The van der Waals surface area contributed by atoms with Crippen molar-refractivity contribution in [2.24, 2.45) is 4.99 Å². The Bertz CT molecular complexity index is 1930. The summed E-state index contributed by atoms with van der Waals surface area (Å²) in [5, 5.41) is 18.2. The van der Waals surface area contributed by atoms with Gasteiger partial charge in [-0.05, 0) is 79.1 Å². The van der Waals surface area contributed by atoms with Crippen LogP contribution < -0.4 is 25.6 Å². The van der Waals surface area contributed by atoms with Crippen molar-refractivity contribution >= 4 is 63.9 Å². The minimum absolute atomic E-state index is 0.00114. The van der Waals surface area contributed by atoms with Crippen LogP contribution >= 0.6 is 11.6 Å². The van der Waals surface area contributed by atoms with Crippen LogP contribution in [-0.2, 0) is 27.3 Å². The van der Waals surface area contributed by atoms with Crippen molar-refractivity contribution in [1.29, 1.82) is 0 Å². The molecule has 0 saturated heterocycles. The van der Waals surface area contributed by atoms with Gasteiger partial charge in [0, 0.05) is 22.6 Å². The number of para-hydroxylation sites is 1. The number of carbonyl (C=O) groups is 4. The monoisotopic (exact) mass is 668 g/mol. The molecule has 1 aliphatic rings. The summed E-state index contributed by atoms with van der Waals surface area (Å²) in [6.45, 7) is 3.57. The molecule has 0 aliphatic carbocycles. The molecular weight excluding hydrogens is 636 g/mol. The van der Waals surface area contributed by atoms with Crippen LogP contribution in [0.15, 0.2) is 84.0 Å². The van der Waals surface area contributed by atoms with E-state index in [4.69, 9.17) is 16.3 Å². The van der Waals surface area contributed by atoms with Crippen molar-refractivity contribution in [3.63, 3.8) is 0 Å². The number of amides is 4. The maximum atomic E-state index is 13.6. The van der Waals surface area contributed by atoms with Crippen molar-refractivity contribution in [3.8, 4) is 5.75 Å². The number of pyridine rings is 1. The summed E-state index contributed by atoms with van der Waals surface area (Å²) in [5.41, 5.74) is 5.02. The summed E-state index contributed by atoms with van der Waals surface area (Å²) in [6, 6.07) is 19.2. The van der Waals surface area contributed by atoms with Gasteiger partial charge in [-0.25, -0.2) is 4.79 Å². The Morgan fingerprint density at radius 2 is 1.73 bits per heavy atom. The Labute approximate surface area is 281 Å². The van der Waals surface area contributed by atoms with Crippen molar-refractivity contribution in [2.75, 3.05) is 28.0 Å². The molecule has 1 aromatic heterocycles. The molecule has 48 heavy (non-hydrogen) atoms. The van der Waals surface area contributed by atoms with Crippen LogP contribution in [0.4, 0.5) is 27.5 Å². The number of carboxylic acid groups (broad SMARTS) is 1. The normalized spacial score (nSPS) is 13.9. The molecule has 5 rings (SSSR count). The van der Waals surface area contributed by atoms with Crippen LogP contribution in [0.3, 0.4) is 0 Å². The largest absolute Gasteiger partial charge is 0.495 e. The maximum absolute atomic E-state index is 13.6. The fourth-order valence-electron chi connectivity index (χ4n) is 5.28. The fraction of sp³-hybridized carbons (Fsp3) is 0.200. The molecule has 4 N–H and O–H groups in total. The molecule has 0 unspecified atom stereocenters. The number of halogens is 1. The van der Waals surface area contributed by atoms with E-state index in [0.29, 0.717) is 56.1 Å².